The second-order valence-electron chi connectivity index (χ2n) is 6.05. The van der Waals surface area contributed by atoms with Crippen LogP contribution in [0.25, 0.3) is 0 Å². The molecule has 0 bridgehead atoms. The molecule has 0 aromatic rings. The fourth-order valence-electron chi connectivity index (χ4n) is 2.63. The van der Waals surface area contributed by atoms with E-state index >= 15 is 0 Å². The lowest BCUT2D eigenvalue weighted by atomic mass is 10.0. The van der Waals surface area contributed by atoms with Crippen LogP contribution >= 0.6 is 0 Å². The van der Waals surface area contributed by atoms with E-state index in [-0.39, 0.29) is 18.6 Å². The monoisotopic (exact) mass is 292 g/mol. The van der Waals surface area contributed by atoms with Crippen LogP contribution in [0.4, 0.5) is 0 Å². The zero-order valence-corrected chi connectivity index (χ0v) is 13.4. The molecule has 0 aliphatic carbocycles. The normalized spacial score (nSPS) is 24.1. The molecule has 1 saturated heterocycles. The van der Waals surface area contributed by atoms with E-state index < -0.39 is 10.2 Å². The van der Waals surface area contributed by atoms with Gasteiger partial charge in [-0.15, -0.1) is 0 Å². The Balaban J connectivity index is 2.73. The molecule has 1 N–H and O–H groups in total. The summed E-state index contributed by atoms with van der Waals surface area (Å²) >= 11 is 0. The first kappa shape index (κ1) is 16.9. The molecule has 0 radical (unpaired) electrons. The van der Waals surface area contributed by atoms with Gasteiger partial charge in [0.2, 0.25) is 0 Å². The van der Waals surface area contributed by atoms with Crippen molar-refractivity contribution in [3.63, 3.8) is 0 Å². The Morgan fingerprint density at radius 1 is 1.37 bits per heavy atom. The van der Waals surface area contributed by atoms with Crippen molar-refractivity contribution in [2.75, 3.05) is 26.7 Å². The minimum atomic E-state index is -3.39. The van der Waals surface area contributed by atoms with E-state index in [2.05, 4.69) is 13.8 Å². The summed E-state index contributed by atoms with van der Waals surface area (Å²) in [5, 5.41) is 9.21. The van der Waals surface area contributed by atoms with Gasteiger partial charge in [0.1, 0.15) is 0 Å². The molecule has 114 valence electrons. The van der Waals surface area contributed by atoms with Gasteiger partial charge in [0, 0.05) is 32.8 Å². The van der Waals surface area contributed by atoms with Crippen LogP contribution in [0, 0.1) is 11.8 Å². The summed E-state index contributed by atoms with van der Waals surface area (Å²) < 4.78 is 28.1. The molecule has 6 heteroatoms. The minimum Gasteiger partial charge on any atom is -0.396 e. The Bertz CT molecular complexity index is 370. The number of piperidine rings is 1. The van der Waals surface area contributed by atoms with E-state index in [1.54, 1.807) is 7.05 Å². The Morgan fingerprint density at radius 2 is 2.00 bits per heavy atom. The molecule has 1 aliphatic heterocycles. The number of hydrogen-bond donors (Lipinski definition) is 1. The third-order valence-electron chi connectivity index (χ3n) is 3.86. The summed E-state index contributed by atoms with van der Waals surface area (Å²) in [6.45, 7) is 7.22. The fourth-order valence-corrected chi connectivity index (χ4v) is 4.29. The average molecular weight is 292 g/mol. The Morgan fingerprint density at radius 3 is 2.53 bits per heavy atom. The van der Waals surface area contributed by atoms with Gasteiger partial charge in [0.25, 0.3) is 10.2 Å². The summed E-state index contributed by atoms with van der Waals surface area (Å²) in [5.41, 5.74) is 0. The Labute approximate surface area is 117 Å². The summed E-state index contributed by atoms with van der Waals surface area (Å²) in [5.74, 6) is 0.552. The zero-order chi connectivity index (χ0) is 14.6. The lowest BCUT2D eigenvalue weighted by Crippen LogP contribution is -2.49. The molecule has 1 rings (SSSR count). The average Bonchev–Trinajstić information content (AvgIpc) is 2.37. The van der Waals surface area contributed by atoms with Gasteiger partial charge < -0.3 is 5.11 Å². The van der Waals surface area contributed by atoms with Crippen LogP contribution in [0.5, 0.6) is 0 Å². The maximum atomic E-state index is 12.5. The molecule has 19 heavy (non-hydrogen) atoms. The fraction of sp³-hybridized carbons (Fsp3) is 1.00. The molecule has 0 aromatic carbocycles. The maximum Gasteiger partial charge on any atom is 0.281 e. The van der Waals surface area contributed by atoms with Gasteiger partial charge in [-0.25, -0.2) is 0 Å². The zero-order valence-electron chi connectivity index (χ0n) is 12.5. The van der Waals surface area contributed by atoms with Crippen LogP contribution in [0.3, 0.4) is 0 Å². The smallest absolute Gasteiger partial charge is 0.281 e. The standard InChI is InChI=1S/C13H28N2O3S/c1-11(2)8-12(3)14(4)19(17,18)15-7-5-6-13(9-15)10-16/h11-13,16H,5-10H2,1-4H3. The van der Waals surface area contributed by atoms with Crippen LogP contribution in [0.2, 0.25) is 0 Å². The topological polar surface area (TPSA) is 60.9 Å². The van der Waals surface area contributed by atoms with Gasteiger partial charge in [-0.3, -0.25) is 0 Å². The molecule has 5 nitrogen and oxygen atoms in total. The van der Waals surface area contributed by atoms with Crippen LogP contribution in [-0.2, 0) is 10.2 Å². The molecular weight excluding hydrogens is 264 g/mol. The van der Waals surface area contributed by atoms with E-state index in [1.807, 2.05) is 6.92 Å². The summed E-state index contributed by atoms with van der Waals surface area (Å²) in [4.78, 5) is 0. The molecule has 1 aliphatic rings. The van der Waals surface area contributed by atoms with Crippen molar-refractivity contribution in [1.29, 1.82) is 0 Å². The van der Waals surface area contributed by atoms with Crippen molar-refractivity contribution in [1.82, 2.24) is 8.61 Å². The van der Waals surface area contributed by atoms with Gasteiger partial charge >= 0.3 is 0 Å². The molecular formula is C13H28N2O3S. The third-order valence-corrected chi connectivity index (χ3v) is 5.94. The Hall–Kier alpha value is -0.170. The molecule has 0 saturated carbocycles. The molecule has 1 fully saturated rings. The lowest BCUT2D eigenvalue weighted by Gasteiger charge is -2.36. The van der Waals surface area contributed by atoms with E-state index in [1.165, 1.54) is 8.61 Å². The highest BCUT2D eigenvalue weighted by molar-refractivity contribution is 7.86. The molecule has 0 spiro atoms. The van der Waals surface area contributed by atoms with Crippen LogP contribution in [-0.4, -0.2) is 54.9 Å². The third kappa shape index (κ3) is 4.41. The maximum absolute atomic E-state index is 12.5. The molecule has 2 unspecified atom stereocenters. The Kier molecular flexibility index (Phi) is 6.23. The molecule has 2 atom stereocenters. The first-order valence-corrected chi connectivity index (χ1v) is 8.52. The molecule has 1 heterocycles. The highest BCUT2D eigenvalue weighted by Gasteiger charge is 2.33. The van der Waals surface area contributed by atoms with Crippen LogP contribution in [0.1, 0.15) is 40.0 Å². The van der Waals surface area contributed by atoms with E-state index in [4.69, 9.17) is 0 Å². The van der Waals surface area contributed by atoms with Gasteiger partial charge in [-0.1, -0.05) is 13.8 Å². The number of hydrogen-bond acceptors (Lipinski definition) is 3. The van der Waals surface area contributed by atoms with Gasteiger partial charge in [-0.2, -0.15) is 17.0 Å². The van der Waals surface area contributed by atoms with E-state index in [0.717, 1.165) is 19.3 Å². The van der Waals surface area contributed by atoms with E-state index in [9.17, 15) is 13.5 Å². The highest BCUT2D eigenvalue weighted by atomic mass is 32.2. The van der Waals surface area contributed by atoms with Crippen molar-refractivity contribution in [2.45, 2.75) is 46.1 Å². The summed E-state index contributed by atoms with van der Waals surface area (Å²) in [7, 11) is -1.74. The number of aliphatic hydroxyl groups is 1. The van der Waals surface area contributed by atoms with Crippen molar-refractivity contribution in [2.24, 2.45) is 11.8 Å². The largest absolute Gasteiger partial charge is 0.396 e. The second kappa shape index (κ2) is 7.02. The lowest BCUT2D eigenvalue weighted by molar-refractivity contribution is 0.159. The van der Waals surface area contributed by atoms with Crippen molar-refractivity contribution < 1.29 is 13.5 Å². The van der Waals surface area contributed by atoms with E-state index in [0.29, 0.717) is 19.0 Å². The van der Waals surface area contributed by atoms with Crippen LogP contribution in [0.15, 0.2) is 0 Å². The predicted molar refractivity (Wildman–Crippen MR) is 77.0 cm³/mol. The van der Waals surface area contributed by atoms with Gasteiger partial charge in [-0.05, 0) is 38.0 Å². The van der Waals surface area contributed by atoms with Crippen LogP contribution < -0.4 is 0 Å². The SMILES string of the molecule is CC(C)CC(C)N(C)S(=O)(=O)N1CCCC(CO)C1. The van der Waals surface area contributed by atoms with Gasteiger partial charge in [0.15, 0.2) is 0 Å². The minimum absolute atomic E-state index is 0.000460. The first-order valence-electron chi connectivity index (χ1n) is 7.13. The first-order chi connectivity index (χ1) is 8.78. The molecule has 0 aromatic heterocycles. The number of nitrogens with zero attached hydrogens (tertiary/aromatic N) is 2. The van der Waals surface area contributed by atoms with Crippen molar-refractivity contribution >= 4 is 10.2 Å². The van der Waals surface area contributed by atoms with Crippen molar-refractivity contribution in [3.05, 3.63) is 0 Å². The predicted octanol–water partition coefficient (Wildman–Crippen LogP) is 1.30. The number of rotatable bonds is 6. The molecule has 0 amide bonds. The second-order valence-corrected chi connectivity index (χ2v) is 8.04. The summed E-state index contributed by atoms with van der Waals surface area (Å²) in [6, 6.07) is -0.000460. The van der Waals surface area contributed by atoms with Crippen molar-refractivity contribution in [3.8, 4) is 0 Å². The van der Waals surface area contributed by atoms with Gasteiger partial charge in [0.05, 0.1) is 0 Å². The summed E-state index contributed by atoms with van der Waals surface area (Å²) in [6.07, 6.45) is 2.59. The number of aliphatic hydroxyl groups excluding tert-OH is 1. The quantitative estimate of drug-likeness (QED) is 0.803. The highest BCUT2D eigenvalue weighted by Crippen LogP contribution is 2.22.